The lowest BCUT2D eigenvalue weighted by atomic mass is 10.0. The lowest BCUT2D eigenvalue weighted by molar-refractivity contribution is 0.0693. The number of nitrogens with zero attached hydrogens (tertiary/aromatic N) is 1. The van der Waals surface area contributed by atoms with Crippen molar-refractivity contribution in [2.24, 2.45) is 5.73 Å². The predicted molar refractivity (Wildman–Crippen MR) is 59.5 cm³/mol. The number of carbonyl (C=O) groups is 1. The Labute approximate surface area is 98.5 Å². The van der Waals surface area contributed by atoms with Crippen LogP contribution in [0.2, 0.25) is 0 Å². The molecule has 1 aromatic carbocycles. The summed E-state index contributed by atoms with van der Waals surface area (Å²) in [6.07, 6.45) is 0.101. The fourth-order valence-electron chi connectivity index (χ4n) is 1.17. The molecule has 0 spiro atoms. The van der Waals surface area contributed by atoms with Crippen LogP contribution in [-0.4, -0.2) is 16.2 Å². The predicted octanol–water partition coefficient (Wildman–Crippen LogP) is 1.43. The lowest BCUT2D eigenvalue weighted by Gasteiger charge is -2.09. The molecule has 0 aromatic heterocycles. The fourth-order valence-corrected chi connectivity index (χ4v) is 1.17. The van der Waals surface area contributed by atoms with Crippen molar-refractivity contribution in [3.8, 4) is 11.8 Å². The van der Waals surface area contributed by atoms with Gasteiger partial charge in [-0.25, -0.2) is 4.79 Å². The van der Waals surface area contributed by atoms with E-state index in [0.717, 1.165) is 0 Å². The second-order valence-corrected chi connectivity index (χ2v) is 3.05. The number of hydrogen-bond donors (Lipinski definition) is 3. The summed E-state index contributed by atoms with van der Waals surface area (Å²) in [5.74, 6) is -1.53. The van der Waals surface area contributed by atoms with Crippen LogP contribution in [0.3, 0.4) is 0 Å². The summed E-state index contributed by atoms with van der Waals surface area (Å²) in [6.45, 7) is 0. The Hall–Kier alpha value is -1.77. The molecule has 5 nitrogen and oxygen atoms in total. The minimum absolute atomic E-state index is 0. The molecule has 0 unspecified atom stereocenters. The number of hydrogen-bond acceptors (Lipinski definition) is 4. The first-order valence-corrected chi connectivity index (χ1v) is 4.25. The Morgan fingerprint density at radius 1 is 1.56 bits per heavy atom. The molecular formula is C10H11ClN2O3. The van der Waals surface area contributed by atoms with Crippen LogP contribution in [0, 0.1) is 11.3 Å². The van der Waals surface area contributed by atoms with Crippen LogP contribution < -0.4 is 5.73 Å². The average molecular weight is 243 g/mol. The number of aromatic carboxylic acids is 1. The van der Waals surface area contributed by atoms with Crippen molar-refractivity contribution < 1.29 is 15.0 Å². The number of phenols is 1. The van der Waals surface area contributed by atoms with E-state index in [4.69, 9.17) is 16.1 Å². The number of nitrogens with two attached hydrogens (primary N) is 1. The molecule has 0 bridgehead atoms. The number of rotatable bonds is 3. The molecule has 1 aromatic rings. The molecule has 86 valence electrons. The highest BCUT2D eigenvalue weighted by molar-refractivity contribution is 5.90. The summed E-state index contributed by atoms with van der Waals surface area (Å²) in [4.78, 5) is 10.7. The molecule has 0 heterocycles. The molecule has 16 heavy (non-hydrogen) atoms. The quantitative estimate of drug-likeness (QED) is 0.743. The number of carboxylic acid groups (broad SMARTS) is 1. The molecule has 0 aliphatic rings. The molecule has 0 fully saturated rings. The first-order chi connectivity index (χ1) is 7.06. The molecule has 1 rings (SSSR count). The Balaban J connectivity index is 0.00000225. The minimum atomic E-state index is -1.22. The van der Waals surface area contributed by atoms with Gasteiger partial charge in [-0.15, -0.1) is 12.4 Å². The Bertz CT molecular complexity index is 429. The van der Waals surface area contributed by atoms with Gasteiger partial charge in [0.1, 0.15) is 11.3 Å². The molecule has 0 aliphatic heterocycles. The van der Waals surface area contributed by atoms with Crippen LogP contribution in [0.15, 0.2) is 18.2 Å². The first-order valence-electron chi connectivity index (χ1n) is 4.25. The summed E-state index contributed by atoms with van der Waals surface area (Å²) in [7, 11) is 0. The van der Waals surface area contributed by atoms with E-state index < -0.39 is 12.0 Å². The van der Waals surface area contributed by atoms with Gasteiger partial charge in [-0.1, -0.05) is 6.07 Å². The second kappa shape index (κ2) is 5.95. The third-order valence-corrected chi connectivity index (χ3v) is 1.99. The van der Waals surface area contributed by atoms with E-state index in [9.17, 15) is 9.90 Å². The monoisotopic (exact) mass is 242 g/mol. The van der Waals surface area contributed by atoms with E-state index in [1.807, 2.05) is 6.07 Å². The number of aromatic hydroxyl groups is 1. The molecule has 6 heteroatoms. The van der Waals surface area contributed by atoms with Crippen LogP contribution >= 0.6 is 12.4 Å². The SMILES string of the molecule is Cl.N#CC[C@H](N)c1ccc(O)c(C(=O)O)c1. The Kier molecular flexibility index (Phi) is 5.30. The van der Waals surface area contributed by atoms with Gasteiger partial charge in [-0.2, -0.15) is 5.26 Å². The topological polar surface area (TPSA) is 107 Å². The molecule has 0 aliphatic carbocycles. The normalized spacial score (nSPS) is 11.0. The maximum Gasteiger partial charge on any atom is 0.339 e. The van der Waals surface area contributed by atoms with Gasteiger partial charge < -0.3 is 15.9 Å². The highest BCUT2D eigenvalue weighted by Crippen LogP contribution is 2.22. The lowest BCUT2D eigenvalue weighted by Crippen LogP contribution is -2.10. The summed E-state index contributed by atoms with van der Waals surface area (Å²) < 4.78 is 0. The summed E-state index contributed by atoms with van der Waals surface area (Å²) >= 11 is 0. The maximum absolute atomic E-state index is 10.7. The van der Waals surface area contributed by atoms with Crippen molar-refractivity contribution in [1.82, 2.24) is 0 Å². The highest BCUT2D eigenvalue weighted by atomic mass is 35.5. The van der Waals surface area contributed by atoms with E-state index in [0.29, 0.717) is 5.56 Å². The number of nitriles is 1. The highest BCUT2D eigenvalue weighted by Gasteiger charge is 2.13. The van der Waals surface area contributed by atoms with Crippen LogP contribution in [0.25, 0.3) is 0 Å². The van der Waals surface area contributed by atoms with Crippen LogP contribution in [0.4, 0.5) is 0 Å². The summed E-state index contributed by atoms with van der Waals surface area (Å²) in [6, 6.07) is 5.40. The average Bonchev–Trinajstić information content (AvgIpc) is 2.18. The Morgan fingerprint density at radius 3 is 2.69 bits per heavy atom. The van der Waals surface area contributed by atoms with Crippen molar-refractivity contribution in [2.45, 2.75) is 12.5 Å². The first kappa shape index (κ1) is 14.2. The zero-order chi connectivity index (χ0) is 11.4. The van der Waals surface area contributed by atoms with Crippen molar-refractivity contribution in [2.75, 3.05) is 0 Å². The van der Waals surface area contributed by atoms with Crippen molar-refractivity contribution in [3.05, 3.63) is 29.3 Å². The van der Waals surface area contributed by atoms with E-state index in [1.165, 1.54) is 18.2 Å². The van der Waals surface area contributed by atoms with Crippen molar-refractivity contribution in [1.29, 1.82) is 5.26 Å². The van der Waals surface area contributed by atoms with Gasteiger partial charge in [0.25, 0.3) is 0 Å². The molecule has 1 atom stereocenters. The molecule has 0 radical (unpaired) electrons. The Morgan fingerprint density at radius 2 is 2.19 bits per heavy atom. The number of halogens is 1. The van der Waals surface area contributed by atoms with Gasteiger partial charge in [0.2, 0.25) is 0 Å². The van der Waals surface area contributed by atoms with Gasteiger partial charge in [0, 0.05) is 6.04 Å². The van der Waals surface area contributed by atoms with Gasteiger partial charge in [0.05, 0.1) is 12.5 Å². The third kappa shape index (κ3) is 3.12. The molecule has 4 N–H and O–H groups in total. The third-order valence-electron chi connectivity index (χ3n) is 1.99. The zero-order valence-corrected chi connectivity index (χ0v) is 9.07. The minimum Gasteiger partial charge on any atom is -0.507 e. The van der Waals surface area contributed by atoms with Gasteiger partial charge in [0.15, 0.2) is 0 Å². The molecule has 0 saturated carbocycles. The standard InChI is InChI=1S/C10H10N2O3.ClH/c11-4-3-8(12)6-1-2-9(13)7(5-6)10(14)15;/h1-2,5,8,13H,3,12H2,(H,14,15);1H/t8-;/m0./s1. The molecular weight excluding hydrogens is 232 g/mol. The van der Waals surface area contributed by atoms with E-state index >= 15 is 0 Å². The maximum atomic E-state index is 10.7. The van der Waals surface area contributed by atoms with Crippen LogP contribution in [0.1, 0.15) is 28.4 Å². The van der Waals surface area contributed by atoms with Gasteiger partial charge in [-0.3, -0.25) is 0 Å². The van der Waals surface area contributed by atoms with Gasteiger partial charge in [-0.05, 0) is 17.7 Å². The van der Waals surface area contributed by atoms with Crippen molar-refractivity contribution >= 4 is 18.4 Å². The fraction of sp³-hybridized carbons (Fsp3) is 0.200. The molecule has 0 amide bonds. The second-order valence-electron chi connectivity index (χ2n) is 3.05. The van der Waals surface area contributed by atoms with Crippen molar-refractivity contribution in [3.63, 3.8) is 0 Å². The van der Waals surface area contributed by atoms with E-state index in [-0.39, 0.29) is 30.1 Å². The zero-order valence-electron chi connectivity index (χ0n) is 8.25. The van der Waals surface area contributed by atoms with E-state index in [1.54, 1.807) is 0 Å². The summed E-state index contributed by atoms with van der Waals surface area (Å²) in [5.41, 5.74) is 5.94. The van der Waals surface area contributed by atoms with Crippen LogP contribution in [-0.2, 0) is 0 Å². The number of carboxylic acids is 1. The van der Waals surface area contributed by atoms with E-state index in [2.05, 4.69) is 0 Å². The smallest absolute Gasteiger partial charge is 0.339 e. The molecule has 0 saturated heterocycles. The van der Waals surface area contributed by atoms with Gasteiger partial charge >= 0.3 is 5.97 Å². The number of benzene rings is 1. The van der Waals surface area contributed by atoms with Crippen LogP contribution in [0.5, 0.6) is 5.75 Å². The summed E-state index contributed by atoms with van der Waals surface area (Å²) in [5, 5.41) is 26.4. The largest absolute Gasteiger partial charge is 0.507 e.